The second-order valence-electron chi connectivity index (χ2n) is 4.19. The molecule has 1 atom stereocenters. The fourth-order valence-corrected chi connectivity index (χ4v) is 1.62. The number of hydrogen-bond donors (Lipinski definition) is 1. The second kappa shape index (κ2) is 6.05. The molecular weight excluding hydrogens is 232 g/mol. The third-order valence-electron chi connectivity index (χ3n) is 2.53. The van der Waals surface area contributed by atoms with E-state index in [0.29, 0.717) is 6.54 Å². The van der Waals surface area contributed by atoms with E-state index in [2.05, 4.69) is 10.5 Å². The zero-order valence-corrected chi connectivity index (χ0v) is 10.3. The van der Waals surface area contributed by atoms with Gasteiger partial charge >= 0.3 is 6.09 Å². The van der Waals surface area contributed by atoms with Gasteiger partial charge in [0.25, 0.3) is 0 Å². The molecule has 96 valence electrons. The molecule has 18 heavy (non-hydrogen) atoms. The Morgan fingerprint density at radius 1 is 1.50 bits per heavy atom. The molecule has 0 spiro atoms. The lowest BCUT2D eigenvalue weighted by Gasteiger charge is -2.06. The molecule has 0 saturated heterocycles. The predicted octanol–water partition coefficient (Wildman–Crippen LogP) is 2.08. The third kappa shape index (κ3) is 3.76. The number of rotatable bonds is 4. The molecule has 1 unspecified atom stereocenters. The minimum atomic E-state index is -0.443. The minimum absolute atomic E-state index is 0.0992. The molecule has 5 heteroatoms. The van der Waals surface area contributed by atoms with Crippen molar-refractivity contribution < 1.29 is 14.4 Å². The SMILES string of the molecule is CC1CC(CNC(=O)OCc2ccccc2)=NO1. The van der Waals surface area contributed by atoms with Crippen molar-refractivity contribution in [3.05, 3.63) is 35.9 Å². The summed E-state index contributed by atoms with van der Waals surface area (Å²) < 4.78 is 5.07. The summed E-state index contributed by atoms with van der Waals surface area (Å²) in [5.41, 5.74) is 1.79. The fraction of sp³-hybridized carbons (Fsp3) is 0.385. The molecule has 0 saturated carbocycles. The molecule has 0 fully saturated rings. The first-order valence-electron chi connectivity index (χ1n) is 5.90. The number of oxime groups is 1. The molecule has 1 aliphatic rings. The number of amides is 1. The lowest BCUT2D eigenvalue weighted by molar-refractivity contribution is 0.0995. The molecule has 0 bridgehead atoms. The lowest BCUT2D eigenvalue weighted by atomic mass is 10.2. The Balaban J connectivity index is 1.67. The normalized spacial score (nSPS) is 17.8. The molecule has 1 heterocycles. The highest BCUT2D eigenvalue weighted by molar-refractivity contribution is 5.89. The van der Waals surface area contributed by atoms with Crippen molar-refractivity contribution >= 4 is 11.8 Å². The largest absolute Gasteiger partial charge is 0.445 e. The van der Waals surface area contributed by atoms with E-state index in [-0.39, 0.29) is 12.7 Å². The summed E-state index contributed by atoms with van der Waals surface area (Å²) in [6.45, 7) is 2.58. The van der Waals surface area contributed by atoms with Gasteiger partial charge in [-0.2, -0.15) is 0 Å². The lowest BCUT2D eigenvalue weighted by Crippen LogP contribution is -2.29. The summed E-state index contributed by atoms with van der Waals surface area (Å²) in [7, 11) is 0. The van der Waals surface area contributed by atoms with Crippen LogP contribution in [-0.2, 0) is 16.2 Å². The second-order valence-corrected chi connectivity index (χ2v) is 4.19. The maximum Gasteiger partial charge on any atom is 0.407 e. The van der Waals surface area contributed by atoms with Gasteiger partial charge in [0.2, 0.25) is 0 Å². The Labute approximate surface area is 106 Å². The average Bonchev–Trinajstić information content (AvgIpc) is 2.81. The number of ether oxygens (including phenoxy) is 1. The van der Waals surface area contributed by atoms with Gasteiger partial charge in [0.05, 0.1) is 12.3 Å². The third-order valence-corrected chi connectivity index (χ3v) is 2.53. The number of hydrogen-bond acceptors (Lipinski definition) is 4. The van der Waals surface area contributed by atoms with Crippen LogP contribution in [0.3, 0.4) is 0 Å². The fourth-order valence-electron chi connectivity index (χ4n) is 1.62. The number of benzene rings is 1. The Kier molecular flexibility index (Phi) is 4.17. The van der Waals surface area contributed by atoms with E-state index < -0.39 is 6.09 Å². The van der Waals surface area contributed by atoms with Gasteiger partial charge in [-0.1, -0.05) is 35.5 Å². The standard InChI is InChI=1S/C13H16N2O3/c1-10-7-12(15-18-10)8-14-13(16)17-9-11-5-3-2-4-6-11/h2-6,10H,7-9H2,1H3,(H,14,16). The maximum atomic E-state index is 11.4. The summed E-state index contributed by atoms with van der Waals surface area (Å²) in [4.78, 5) is 16.4. The molecule has 2 rings (SSSR count). The molecule has 1 aromatic rings. The first kappa shape index (κ1) is 12.4. The summed E-state index contributed by atoms with van der Waals surface area (Å²) in [6.07, 6.45) is 0.405. The van der Waals surface area contributed by atoms with Gasteiger partial charge in [-0.05, 0) is 12.5 Å². The van der Waals surface area contributed by atoms with Gasteiger partial charge in [-0.3, -0.25) is 0 Å². The number of alkyl carbamates (subject to hydrolysis) is 1. The van der Waals surface area contributed by atoms with Crippen LogP contribution >= 0.6 is 0 Å². The summed E-state index contributed by atoms with van der Waals surface area (Å²) >= 11 is 0. The van der Waals surface area contributed by atoms with Gasteiger partial charge in [0, 0.05) is 6.42 Å². The minimum Gasteiger partial charge on any atom is -0.445 e. The zero-order chi connectivity index (χ0) is 12.8. The van der Waals surface area contributed by atoms with Crippen molar-refractivity contribution in [3.63, 3.8) is 0 Å². The molecule has 1 amide bonds. The van der Waals surface area contributed by atoms with Crippen LogP contribution in [0.2, 0.25) is 0 Å². The molecule has 0 radical (unpaired) electrons. The van der Waals surface area contributed by atoms with Crippen LogP contribution in [0.4, 0.5) is 4.79 Å². The molecule has 0 aliphatic carbocycles. The highest BCUT2D eigenvalue weighted by Crippen LogP contribution is 2.08. The number of nitrogens with one attached hydrogen (secondary N) is 1. The van der Waals surface area contributed by atoms with Crippen molar-refractivity contribution in [2.24, 2.45) is 5.16 Å². The van der Waals surface area contributed by atoms with Gasteiger partial charge in [-0.25, -0.2) is 4.79 Å². The molecule has 5 nitrogen and oxygen atoms in total. The zero-order valence-electron chi connectivity index (χ0n) is 10.3. The van der Waals surface area contributed by atoms with E-state index in [1.54, 1.807) is 0 Å². The van der Waals surface area contributed by atoms with Crippen LogP contribution in [0.15, 0.2) is 35.5 Å². The predicted molar refractivity (Wildman–Crippen MR) is 67.2 cm³/mol. The van der Waals surface area contributed by atoms with E-state index in [1.807, 2.05) is 37.3 Å². The van der Waals surface area contributed by atoms with Crippen LogP contribution in [0.1, 0.15) is 18.9 Å². The van der Waals surface area contributed by atoms with Gasteiger partial charge in [0.1, 0.15) is 12.7 Å². The van der Waals surface area contributed by atoms with Crippen LogP contribution in [0, 0.1) is 0 Å². The summed E-state index contributed by atoms with van der Waals surface area (Å²) in [5, 5.41) is 6.50. The Morgan fingerprint density at radius 2 is 2.28 bits per heavy atom. The Bertz CT molecular complexity index is 431. The van der Waals surface area contributed by atoms with E-state index in [4.69, 9.17) is 9.57 Å². The van der Waals surface area contributed by atoms with Crippen molar-refractivity contribution in [1.82, 2.24) is 5.32 Å². The van der Waals surface area contributed by atoms with Gasteiger partial charge < -0.3 is 14.9 Å². The average molecular weight is 248 g/mol. The van der Waals surface area contributed by atoms with E-state index >= 15 is 0 Å². The summed E-state index contributed by atoms with van der Waals surface area (Å²) in [6, 6.07) is 9.54. The quantitative estimate of drug-likeness (QED) is 0.887. The van der Waals surface area contributed by atoms with Crippen molar-refractivity contribution in [2.75, 3.05) is 6.54 Å². The van der Waals surface area contributed by atoms with Crippen LogP contribution in [0.5, 0.6) is 0 Å². The van der Waals surface area contributed by atoms with Crippen molar-refractivity contribution in [3.8, 4) is 0 Å². The van der Waals surface area contributed by atoms with Gasteiger partial charge in [-0.15, -0.1) is 0 Å². The first-order valence-corrected chi connectivity index (χ1v) is 5.90. The number of carbonyl (C=O) groups excluding carboxylic acids is 1. The maximum absolute atomic E-state index is 11.4. The monoisotopic (exact) mass is 248 g/mol. The first-order chi connectivity index (χ1) is 8.74. The van der Waals surface area contributed by atoms with E-state index in [9.17, 15) is 4.79 Å². The van der Waals surface area contributed by atoms with Crippen molar-refractivity contribution in [1.29, 1.82) is 0 Å². The number of carbonyl (C=O) groups is 1. The Hall–Kier alpha value is -2.04. The molecular formula is C13H16N2O3. The van der Waals surface area contributed by atoms with E-state index in [1.165, 1.54) is 0 Å². The number of nitrogens with zero attached hydrogens (tertiary/aromatic N) is 1. The molecule has 1 aliphatic heterocycles. The smallest absolute Gasteiger partial charge is 0.407 e. The highest BCUT2D eigenvalue weighted by Gasteiger charge is 2.16. The van der Waals surface area contributed by atoms with Gasteiger partial charge in [0.15, 0.2) is 0 Å². The summed E-state index contributed by atoms with van der Waals surface area (Å²) in [5.74, 6) is 0. The highest BCUT2D eigenvalue weighted by atomic mass is 16.6. The van der Waals surface area contributed by atoms with Crippen molar-refractivity contribution in [2.45, 2.75) is 26.1 Å². The van der Waals surface area contributed by atoms with Crippen LogP contribution < -0.4 is 5.32 Å². The molecule has 1 aromatic carbocycles. The van der Waals surface area contributed by atoms with Crippen LogP contribution in [-0.4, -0.2) is 24.5 Å². The van der Waals surface area contributed by atoms with Crippen LogP contribution in [0.25, 0.3) is 0 Å². The molecule has 1 N–H and O–H groups in total. The topological polar surface area (TPSA) is 59.9 Å². The van der Waals surface area contributed by atoms with E-state index in [0.717, 1.165) is 17.7 Å². The molecule has 0 aromatic heterocycles. The Morgan fingerprint density at radius 3 is 2.94 bits per heavy atom.